The molecule has 0 spiro atoms. The molecule has 28 heavy (non-hydrogen) atoms. The van der Waals surface area contributed by atoms with E-state index in [1.54, 1.807) is 31.2 Å². The van der Waals surface area contributed by atoms with Gasteiger partial charge in [-0.15, -0.1) is 0 Å². The van der Waals surface area contributed by atoms with Crippen LogP contribution < -0.4 is 10.9 Å². The number of hydrogen-bond acceptors (Lipinski definition) is 7. The first-order valence-corrected chi connectivity index (χ1v) is 9.73. The summed E-state index contributed by atoms with van der Waals surface area (Å²) in [5.41, 5.74) is -0.630. The molecule has 9 nitrogen and oxygen atoms in total. The van der Waals surface area contributed by atoms with Crippen LogP contribution in [0, 0.1) is 17.2 Å². The summed E-state index contributed by atoms with van der Waals surface area (Å²) in [6.07, 6.45) is 3.18. The van der Waals surface area contributed by atoms with Crippen LogP contribution in [-0.2, 0) is 4.79 Å². The summed E-state index contributed by atoms with van der Waals surface area (Å²) in [6, 6.07) is 9.19. The summed E-state index contributed by atoms with van der Waals surface area (Å²) in [5, 5.41) is 19.4. The Morgan fingerprint density at radius 2 is 2.25 bits per heavy atom. The van der Waals surface area contributed by atoms with E-state index in [1.165, 1.54) is 10.9 Å². The van der Waals surface area contributed by atoms with E-state index < -0.39 is 5.54 Å². The number of thioether (sulfide) groups is 1. The van der Waals surface area contributed by atoms with Crippen LogP contribution in [0.2, 0.25) is 0 Å². The van der Waals surface area contributed by atoms with Crippen molar-refractivity contribution >= 4 is 28.6 Å². The number of amides is 1. The normalized spacial score (nSPS) is 15.7. The highest BCUT2D eigenvalue weighted by molar-refractivity contribution is 7.99. The summed E-state index contributed by atoms with van der Waals surface area (Å²) in [5.74, 6) is 0.152. The molecule has 1 amide bonds. The lowest BCUT2D eigenvalue weighted by atomic mass is 9.98. The third kappa shape index (κ3) is 3.36. The molecule has 1 atom stereocenters. The van der Waals surface area contributed by atoms with E-state index in [2.05, 4.69) is 31.6 Å². The summed E-state index contributed by atoms with van der Waals surface area (Å²) in [6.45, 7) is 1.74. The zero-order chi connectivity index (χ0) is 19.7. The van der Waals surface area contributed by atoms with Crippen LogP contribution in [0.15, 0.2) is 40.5 Å². The van der Waals surface area contributed by atoms with Gasteiger partial charge in [-0.3, -0.25) is 9.59 Å². The number of nitrogens with one attached hydrogen (secondary N) is 2. The number of para-hydroxylation sites is 1. The number of rotatable bonds is 6. The average molecular weight is 395 g/mol. The van der Waals surface area contributed by atoms with Gasteiger partial charge in [0.1, 0.15) is 11.9 Å². The fourth-order valence-electron chi connectivity index (χ4n) is 3.04. The van der Waals surface area contributed by atoms with Gasteiger partial charge in [-0.2, -0.15) is 15.3 Å². The summed E-state index contributed by atoms with van der Waals surface area (Å²) >= 11 is 1.11. The van der Waals surface area contributed by atoms with Gasteiger partial charge in [0.05, 0.1) is 22.7 Å². The second kappa shape index (κ2) is 7.09. The molecule has 3 aromatic rings. The third-order valence-corrected chi connectivity index (χ3v) is 5.66. The maximum atomic E-state index is 12.9. The van der Waals surface area contributed by atoms with Gasteiger partial charge in [0.25, 0.3) is 5.56 Å². The summed E-state index contributed by atoms with van der Waals surface area (Å²) in [7, 11) is 0. The number of carbonyl (C=O) groups is 1. The van der Waals surface area contributed by atoms with Gasteiger partial charge in [-0.05, 0) is 37.8 Å². The highest BCUT2D eigenvalue weighted by atomic mass is 32.2. The Morgan fingerprint density at radius 1 is 1.46 bits per heavy atom. The van der Waals surface area contributed by atoms with Crippen LogP contribution in [-0.4, -0.2) is 41.9 Å². The van der Waals surface area contributed by atoms with Crippen molar-refractivity contribution in [3.05, 3.63) is 40.9 Å². The predicted molar refractivity (Wildman–Crippen MR) is 103 cm³/mol. The first kappa shape index (κ1) is 18.2. The van der Waals surface area contributed by atoms with Gasteiger partial charge in [0.15, 0.2) is 5.16 Å². The lowest BCUT2D eigenvalue weighted by Crippen LogP contribution is -2.47. The van der Waals surface area contributed by atoms with Gasteiger partial charge in [0, 0.05) is 0 Å². The summed E-state index contributed by atoms with van der Waals surface area (Å²) in [4.78, 5) is 33.9. The number of benzene rings is 1. The molecule has 1 aromatic carbocycles. The van der Waals surface area contributed by atoms with E-state index in [4.69, 9.17) is 0 Å². The molecule has 0 bridgehead atoms. The number of nitrogens with zero attached hydrogens (tertiary/aromatic N) is 5. The second-order valence-corrected chi connectivity index (χ2v) is 7.73. The molecule has 0 radical (unpaired) electrons. The molecule has 2 heterocycles. The van der Waals surface area contributed by atoms with Crippen molar-refractivity contribution in [2.24, 2.45) is 5.92 Å². The van der Waals surface area contributed by atoms with Crippen LogP contribution in [0.4, 0.5) is 0 Å². The Kier molecular flexibility index (Phi) is 4.60. The molecular formula is C18H17N7O2S. The van der Waals surface area contributed by atoms with Crippen molar-refractivity contribution in [1.29, 1.82) is 5.26 Å². The predicted octanol–water partition coefficient (Wildman–Crippen LogP) is 1.40. The minimum absolute atomic E-state index is 0.0168. The van der Waals surface area contributed by atoms with Gasteiger partial charge in [-0.25, -0.2) is 14.6 Å². The van der Waals surface area contributed by atoms with Gasteiger partial charge in [0.2, 0.25) is 11.9 Å². The molecular weight excluding hydrogens is 378 g/mol. The smallest absolute Gasteiger partial charge is 0.269 e. The Morgan fingerprint density at radius 3 is 2.93 bits per heavy atom. The molecule has 1 aliphatic rings. The number of nitriles is 1. The molecule has 4 rings (SSSR count). The second-order valence-electron chi connectivity index (χ2n) is 6.79. The monoisotopic (exact) mass is 395 g/mol. The first-order chi connectivity index (χ1) is 13.5. The first-order valence-electron chi connectivity index (χ1n) is 8.74. The Balaban J connectivity index is 1.63. The van der Waals surface area contributed by atoms with Crippen LogP contribution in [0.3, 0.4) is 0 Å². The Bertz CT molecular complexity index is 1130. The molecule has 0 saturated heterocycles. The van der Waals surface area contributed by atoms with E-state index in [-0.39, 0.29) is 29.1 Å². The van der Waals surface area contributed by atoms with Crippen molar-refractivity contribution < 1.29 is 4.79 Å². The third-order valence-electron chi connectivity index (χ3n) is 4.72. The number of carbonyl (C=O) groups excluding carboxylic acids is 1. The molecule has 142 valence electrons. The van der Waals surface area contributed by atoms with E-state index in [0.717, 1.165) is 24.6 Å². The van der Waals surface area contributed by atoms with E-state index in [0.29, 0.717) is 16.1 Å². The SMILES string of the molecule is C[C@](C#N)(NC(=O)CSc1nc2ccccc2c(=O)n1-c1ncn[nH]1)C1CC1. The topological polar surface area (TPSA) is 129 Å². The fourth-order valence-corrected chi connectivity index (χ4v) is 3.83. The number of aromatic amines is 1. The summed E-state index contributed by atoms with van der Waals surface area (Å²) < 4.78 is 1.30. The Hall–Kier alpha value is -3.19. The van der Waals surface area contributed by atoms with E-state index in [1.807, 2.05) is 0 Å². The van der Waals surface area contributed by atoms with Crippen molar-refractivity contribution in [3.8, 4) is 12.0 Å². The maximum Gasteiger partial charge on any atom is 0.269 e. The molecule has 1 fully saturated rings. The van der Waals surface area contributed by atoms with Gasteiger partial charge < -0.3 is 5.32 Å². The lowest BCUT2D eigenvalue weighted by Gasteiger charge is -2.22. The number of aromatic nitrogens is 5. The highest BCUT2D eigenvalue weighted by Gasteiger charge is 2.43. The number of H-pyrrole nitrogens is 1. The van der Waals surface area contributed by atoms with Gasteiger partial charge in [-0.1, -0.05) is 23.9 Å². The van der Waals surface area contributed by atoms with Crippen LogP contribution in [0.1, 0.15) is 19.8 Å². The number of hydrogen-bond donors (Lipinski definition) is 2. The zero-order valence-corrected chi connectivity index (χ0v) is 15.9. The molecule has 1 aliphatic carbocycles. The molecule has 1 saturated carbocycles. The molecule has 0 aliphatic heterocycles. The molecule has 10 heteroatoms. The van der Waals surface area contributed by atoms with E-state index >= 15 is 0 Å². The maximum absolute atomic E-state index is 12.9. The quantitative estimate of drug-likeness (QED) is 0.477. The van der Waals surface area contributed by atoms with Crippen molar-refractivity contribution in [3.63, 3.8) is 0 Å². The number of fused-ring (bicyclic) bond motifs is 1. The van der Waals surface area contributed by atoms with Crippen LogP contribution in [0.5, 0.6) is 0 Å². The average Bonchev–Trinajstić information content (AvgIpc) is 3.43. The van der Waals surface area contributed by atoms with Crippen LogP contribution >= 0.6 is 11.8 Å². The zero-order valence-electron chi connectivity index (χ0n) is 15.0. The molecule has 0 unspecified atom stereocenters. The largest absolute Gasteiger partial charge is 0.337 e. The van der Waals surface area contributed by atoms with Gasteiger partial charge >= 0.3 is 0 Å². The minimum Gasteiger partial charge on any atom is -0.337 e. The standard InChI is InChI=1S/C18H17N7O2S/c1-18(9-19,11-6-7-11)23-14(26)8-28-17-22-13-5-3-2-4-12(13)15(27)25(17)16-20-10-21-24-16/h2-5,10-11H,6-8H2,1H3,(H,23,26)(H,20,21,24)/t18-/m1/s1. The minimum atomic E-state index is -0.862. The van der Waals surface area contributed by atoms with Crippen molar-refractivity contribution in [2.75, 3.05) is 5.75 Å². The lowest BCUT2D eigenvalue weighted by molar-refractivity contribution is -0.119. The Labute approximate surface area is 164 Å². The van der Waals surface area contributed by atoms with Crippen molar-refractivity contribution in [1.82, 2.24) is 30.0 Å². The van der Waals surface area contributed by atoms with Crippen LogP contribution in [0.25, 0.3) is 16.9 Å². The van der Waals surface area contributed by atoms with E-state index in [9.17, 15) is 14.9 Å². The highest BCUT2D eigenvalue weighted by Crippen LogP contribution is 2.39. The fraction of sp³-hybridized carbons (Fsp3) is 0.333. The van der Waals surface area contributed by atoms with Crippen molar-refractivity contribution in [2.45, 2.75) is 30.5 Å². The molecule has 2 aromatic heterocycles. The molecule has 2 N–H and O–H groups in total.